The van der Waals surface area contributed by atoms with Gasteiger partial charge in [-0.25, -0.2) is 4.79 Å². The molecule has 0 aliphatic heterocycles. The molecule has 1 aromatic rings. The third-order valence-electron chi connectivity index (χ3n) is 1.67. The van der Waals surface area contributed by atoms with Gasteiger partial charge in [-0.1, -0.05) is 79.7 Å². The van der Waals surface area contributed by atoms with Crippen molar-refractivity contribution in [3.63, 3.8) is 0 Å². The van der Waals surface area contributed by atoms with Crippen molar-refractivity contribution in [2.75, 3.05) is 0 Å². The Labute approximate surface area is 125 Å². The van der Waals surface area contributed by atoms with Gasteiger partial charge in [0.25, 0.3) is 0 Å². The summed E-state index contributed by atoms with van der Waals surface area (Å²) in [6.45, 7) is 17.7. The fraction of sp³-hybridized carbons (Fsp3) is 0.500. The van der Waals surface area contributed by atoms with Crippen molar-refractivity contribution in [2.45, 2.75) is 61.3 Å². The number of hydrogen-bond acceptors (Lipinski definition) is 2. The minimum absolute atomic E-state index is 0.353. The summed E-state index contributed by atoms with van der Waals surface area (Å²) in [5, 5.41) is 0. The van der Waals surface area contributed by atoms with E-state index in [4.69, 9.17) is 4.74 Å². The van der Waals surface area contributed by atoms with Crippen LogP contribution in [-0.2, 0) is 4.79 Å². The molecule has 0 unspecified atom stereocenters. The molecule has 0 saturated heterocycles. The molecule has 0 bridgehead atoms. The molecular formula is C18H32O2. The molecule has 0 aliphatic rings. The summed E-state index contributed by atoms with van der Waals surface area (Å²) in [5.41, 5.74) is 0.490. The molecule has 2 heteroatoms. The van der Waals surface area contributed by atoms with Crippen molar-refractivity contribution in [2.24, 2.45) is 0 Å². The molecule has 0 amide bonds. The molecule has 0 aliphatic carbocycles. The van der Waals surface area contributed by atoms with Crippen molar-refractivity contribution < 1.29 is 9.53 Å². The summed E-state index contributed by atoms with van der Waals surface area (Å²) < 4.78 is 5.03. The number of rotatable bonds is 3. The van der Waals surface area contributed by atoms with Gasteiger partial charge in [-0.05, 0) is 18.6 Å². The van der Waals surface area contributed by atoms with Crippen LogP contribution in [0.2, 0.25) is 0 Å². The maximum atomic E-state index is 11.2. The van der Waals surface area contributed by atoms with Crippen LogP contribution >= 0.6 is 0 Å². The van der Waals surface area contributed by atoms with Crippen LogP contribution in [0.3, 0.4) is 0 Å². The van der Waals surface area contributed by atoms with Gasteiger partial charge in [0.05, 0.1) is 0 Å². The first-order valence-electron chi connectivity index (χ1n) is 7.60. The predicted molar refractivity (Wildman–Crippen MR) is 90.2 cm³/mol. The van der Waals surface area contributed by atoms with E-state index in [1.165, 1.54) is 6.42 Å². The summed E-state index contributed by atoms with van der Waals surface area (Å²) in [7, 11) is 0. The lowest BCUT2D eigenvalue weighted by atomic mass is 10.2. The van der Waals surface area contributed by atoms with Gasteiger partial charge in [0, 0.05) is 5.57 Å². The van der Waals surface area contributed by atoms with E-state index in [1.807, 2.05) is 52.8 Å². The Morgan fingerprint density at radius 1 is 1.00 bits per heavy atom. The van der Waals surface area contributed by atoms with Gasteiger partial charge in [0.15, 0.2) is 0 Å². The molecule has 0 saturated carbocycles. The lowest BCUT2D eigenvalue weighted by Crippen LogP contribution is -2.09. The van der Waals surface area contributed by atoms with E-state index in [0.717, 1.165) is 0 Å². The van der Waals surface area contributed by atoms with Crippen LogP contribution in [0.4, 0.5) is 0 Å². The summed E-state index contributed by atoms with van der Waals surface area (Å²) >= 11 is 0. The zero-order valence-corrected chi connectivity index (χ0v) is 14.3. The van der Waals surface area contributed by atoms with Crippen molar-refractivity contribution in [3.05, 3.63) is 42.5 Å². The Bertz CT molecular complexity index is 315. The first-order chi connectivity index (χ1) is 9.65. The van der Waals surface area contributed by atoms with Crippen LogP contribution in [0, 0.1) is 0 Å². The Morgan fingerprint density at radius 2 is 1.40 bits per heavy atom. The fourth-order valence-corrected chi connectivity index (χ4v) is 0.812. The van der Waals surface area contributed by atoms with Gasteiger partial charge in [0.1, 0.15) is 5.75 Å². The lowest BCUT2D eigenvalue weighted by Gasteiger charge is -2.03. The molecule has 1 rings (SSSR count). The number of ether oxygens (including phenoxy) is 1. The standard InChI is InChI=1S/C11H12O2.C3H8.2C2H6/c1-3-9(2)11(12)13-10-7-5-4-6-8-10;1-3-2;2*1-2/h4-8H,2-3H2,1H3;3H2,1-2H3;2*1-2H3. The van der Waals surface area contributed by atoms with Crippen molar-refractivity contribution in [1.29, 1.82) is 0 Å². The molecule has 0 atom stereocenters. The van der Waals surface area contributed by atoms with Gasteiger partial charge >= 0.3 is 5.97 Å². The van der Waals surface area contributed by atoms with E-state index in [2.05, 4.69) is 20.4 Å². The first kappa shape index (κ1) is 23.5. The normalized spacial score (nSPS) is 7.55. The Kier molecular flexibility index (Phi) is 23.2. The summed E-state index contributed by atoms with van der Waals surface area (Å²) in [6.07, 6.45) is 1.87. The maximum absolute atomic E-state index is 11.2. The Balaban J connectivity index is -0.000000355. The number of esters is 1. The molecule has 0 heterocycles. The van der Waals surface area contributed by atoms with Crippen LogP contribution in [-0.4, -0.2) is 5.97 Å². The minimum Gasteiger partial charge on any atom is -0.423 e. The average Bonchev–Trinajstić information content (AvgIpc) is 2.52. The Morgan fingerprint density at radius 3 is 1.75 bits per heavy atom. The maximum Gasteiger partial charge on any atom is 0.338 e. The zero-order chi connectivity index (χ0) is 16.4. The second-order valence-corrected chi connectivity index (χ2v) is 3.37. The molecule has 20 heavy (non-hydrogen) atoms. The SMILES string of the molecule is C=C(CC)C(=O)Oc1ccccc1.CC.CC.CCC. The molecule has 0 fully saturated rings. The highest BCUT2D eigenvalue weighted by Crippen LogP contribution is 2.11. The lowest BCUT2D eigenvalue weighted by molar-refractivity contribution is -0.130. The quantitative estimate of drug-likeness (QED) is 0.384. The van der Waals surface area contributed by atoms with Crippen molar-refractivity contribution >= 4 is 5.97 Å². The number of hydrogen-bond donors (Lipinski definition) is 0. The van der Waals surface area contributed by atoms with Crippen LogP contribution in [0.15, 0.2) is 42.5 Å². The average molecular weight is 280 g/mol. The van der Waals surface area contributed by atoms with E-state index in [0.29, 0.717) is 17.7 Å². The topological polar surface area (TPSA) is 26.3 Å². The third kappa shape index (κ3) is 14.5. The second kappa shape index (κ2) is 19.8. The van der Waals surface area contributed by atoms with Crippen molar-refractivity contribution in [1.82, 2.24) is 0 Å². The van der Waals surface area contributed by atoms with E-state index in [1.54, 1.807) is 12.1 Å². The van der Waals surface area contributed by atoms with Gasteiger partial charge in [0.2, 0.25) is 0 Å². The molecule has 0 aromatic heterocycles. The predicted octanol–water partition coefficient (Wildman–Crippen LogP) is 6.03. The molecule has 1 aromatic carbocycles. The number of carbonyl (C=O) groups excluding carboxylic acids is 1. The molecule has 0 radical (unpaired) electrons. The highest BCUT2D eigenvalue weighted by molar-refractivity contribution is 5.89. The van der Waals surface area contributed by atoms with E-state index in [-0.39, 0.29) is 5.97 Å². The van der Waals surface area contributed by atoms with Crippen LogP contribution < -0.4 is 4.74 Å². The highest BCUT2D eigenvalue weighted by Gasteiger charge is 2.06. The third-order valence-corrected chi connectivity index (χ3v) is 1.67. The van der Waals surface area contributed by atoms with E-state index in [9.17, 15) is 4.79 Å². The van der Waals surface area contributed by atoms with Gasteiger partial charge < -0.3 is 4.74 Å². The van der Waals surface area contributed by atoms with Crippen molar-refractivity contribution in [3.8, 4) is 5.75 Å². The minimum atomic E-state index is -0.353. The summed E-state index contributed by atoms with van der Waals surface area (Å²) in [4.78, 5) is 11.2. The fourth-order valence-electron chi connectivity index (χ4n) is 0.812. The monoisotopic (exact) mass is 280 g/mol. The van der Waals surface area contributed by atoms with Crippen LogP contribution in [0.5, 0.6) is 5.75 Å². The van der Waals surface area contributed by atoms with Gasteiger partial charge in [-0.2, -0.15) is 0 Å². The van der Waals surface area contributed by atoms with E-state index >= 15 is 0 Å². The second-order valence-electron chi connectivity index (χ2n) is 3.37. The summed E-state index contributed by atoms with van der Waals surface area (Å²) in [6, 6.07) is 8.97. The molecule has 2 nitrogen and oxygen atoms in total. The molecule has 0 N–H and O–H groups in total. The van der Waals surface area contributed by atoms with Crippen LogP contribution in [0.25, 0.3) is 0 Å². The van der Waals surface area contributed by atoms with Gasteiger partial charge in [-0.15, -0.1) is 0 Å². The number of benzene rings is 1. The zero-order valence-electron chi connectivity index (χ0n) is 14.3. The molecular weight excluding hydrogens is 248 g/mol. The number of carbonyl (C=O) groups is 1. The molecule has 0 spiro atoms. The van der Waals surface area contributed by atoms with E-state index < -0.39 is 0 Å². The van der Waals surface area contributed by atoms with Crippen LogP contribution in [0.1, 0.15) is 61.3 Å². The summed E-state index contributed by atoms with van der Waals surface area (Å²) in [5.74, 6) is 0.204. The van der Waals surface area contributed by atoms with Gasteiger partial charge in [-0.3, -0.25) is 0 Å². The smallest absolute Gasteiger partial charge is 0.338 e. The number of para-hydroxylation sites is 1. The Hall–Kier alpha value is -1.57. The largest absolute Gasteiger partial charge is 0.423 e. The molecule has 116 valence electrons. The first-order valence-corrected chi connectivity index (χ1v) is 7.60. The highest BCUT2D eigenvalue weighted by atomic mass is 16.5.